The number of halogens is 1. The number of nitrogens with one attached hydrogen (secondary N) is 2. The molecule has 0 spiro atoms. The molecule has 0 radical (unpaired) electrons. The molecule has 0 aliphatic heterocycles. The fourth-order valence-electron chi connectivity index (χ4n) is 1.88. The second kappa shape index (κ2) is 6.85. The SMILES string of the molecule is O=C(Nc1ccc(Nc2ccccc2)nc1)c1ncncc1Cl. The Morgan fingerprint density at radius 1 is 0.957 bits per heavy atom. The number of rotatable bonds is 4. The second-order valence-corrected chi connectivity index (χ2v) is 5.00. The first-order valence-electron chi connectivity index (χ1n) is 6.77. The van der Waals surface area contributed by atoms with Crippen molar-refractivity contribution in [2.75, 3.05) is 10.6 Å². The normalized spacial score (nSPS) is 10.1. The van der Waals surface area contributed by atoms with E-state index in [1.165, 1.54) is 12.5 Å². The van der Waals surface area contributed by atoms with Crippen molar-refractivity contribution in [2.45, 2.75) is 0 Å². The average molecular weight is 326 g/mol. The Balaban J connectivity index is 1.68. The van der Waals surface area contributed by atoms with Gasteiger partial charge in [-0.15, -0.1) is 0 Å². The lowest BCUT2D eigenvalue weighted by Crippen LogP contribution is -2.14. The molecule has 1 amide bonds. The van der Waals surface area contributed by atoms with Gasteiger partial charge >= 0.3 is 0 Å². The molecule has 0 unspecified atom stereocenters. The molecule has 6 nitrogen and oxygen atoms in total. The quantitative estimate of drug-likeness (QED) is 0.767. The van der Waals surface area contributed by atoms with E-state index in [9.17, 15) is 4.79 Å². The standard InChI is InChI=1S/C16H12ClN5O/c17-13-9-18-10-20-15(13)16(23)22-12-6-7-14(19-8-12)21-11-4-2-1-3-5-11/h1-10H,(H,19,21)(H,22,23). The van der Waals surface area contributed by atoms with Crippen molar-refractivity contribution in [1.29, 1.82) is 0 Å². The van der Waals surface area contributed by atoms with Crippen molar-refractivity contribution in [3.63, 3.8) is 0 Å². The Labute approximate surface area is 137 Å². The molecule has 0 aliphatic carbocycles. The van der Waals surface area contributed by atoms with Gasteiger partial charge in [0.2, 0.25) is 0 Å². The van der Waals surface area contributed by atoms with E-state index in [2.05, 4.69) is 25.6 Å². The summed E-state index contributed by atoms with van der Waals surface area (Å²) in [6.07, 6.45) is 4.19. The Kier molecular flexibility index (Phi) is 4.44. The van der Waals surface area contributed by atoms with Crippen LogP contribution in [0, 0.1) is 0 Å². The lowest BCUT2D eigenvalue weighted by Gasteiger charge is -2.08. The number of carbonyl (C=O) groups is 1. The third kappa shape index (κ3) is 3.81. The number of pyridine rings is 1. The maximum Gasteiger partial charge on any atom is 0.275 e. The van der Waals surface area contributed by atoms with Crippen LogP contribution in [0.2, 0.25) is 5.02 Å². The lowest BCUT2D eigenvalue weighted by atomic mass is 10.3. The van der Waals surface area contributed by atoms with Gasteiger partial charge in [-0.3, -0.25) is 4.79 Å². The molecule has 114 valence electrons. The van der Waals surface area contributed by atoms with Crippen LogP contribution >= 0.6 is 11.6 Å². The molecule has 0 aliphatic rings. The zero-order valence-electron chi connectivity index (χ0n) is 11.9. The molecular weight excluding hydrogens is 314 g/mol. The smallest absolute Gasteiger partial charge is 0.275 e. The third-order valence-electron chi connectivity index (χ3n) is 2.95. The zero-order valence-corrected chi connectivity index (χ0v) is 12.7. The van der Waals surface area contributed by atoms with Crippen LogP contribution in [0.15, 0.2) is 61.2 Å². The van der Waals surface area contributed by atoms with Crippen molar-refractivity contribution in [2.24, 2.45) is 0 Å². The number of para-hydroxylation sites is 1. The first-order chi connectivity index (χ1) is 11.2. The van der Waals surface area contributed by atoms with Gasteiger partial charge in [0.1, 0.15) is 17.8 Å². The molecule has 1 aromatic carbocycles. The summed E-state index contributed by atoms with van der Waals surface area (Å²) < 4.78 is 0. The second-order valence-electron chi connectivity index (χ2n) is 4.60. The molecule has 2 N–H and O–H groups in total. The first kappa shape index (κ1) is 14.9. The first-order valence-corrected chi connectivity index (χ1v) is 7.15. The predicted octanol–water partition coefficient (Wildman–Crippen LogP) is 3.52. The molecule has 3 rings (SSSR count). The van der Waals surface area contributed by atoms with E-state index in [-0.39, 0.29) is 10.7 Å². The van der Waals surface area contributed by atoms with Gasteiger partial charge in [0.05, 0.1) is 16.9 Å². The van der Waals surface area contributed by atoms with Crippen molar-refractivity contribution in [1.82, 2.24) is 15.0 Å². The Morgan fingerprint density at radius 2 is 1.78 bits per heavy atom. The predicted molar refractivity (Wildman–Crippen MR) is 89.0 cm³/mol. The summed E-state index contributed by atoms with van der Waals surface area (Å²) in [6.45, 7) is 0. The van der Waals surface area contributed by atoms with Crippen molar-refractivity contribution in [3.8, 4) is 0 Å². The van der Waals surface area contributed by atoms with E-state index in [1.807, 2.05) is 30.3 Å². The summed E-state index contributed by atoms with van der Waals surface area (Å²) in [4.78, 5) is 23.9. The Hall–Kier alpha value is -2.99. The minimum Gasteiger partial charge on any atom is -0.340 e. The fourth-order valence-corrected chi connectivity index (χ4v) is 2.07. The summed E-state index contributed by atoms with van der Waals surface area (Å²) in [6, 6.07) is 13.2. The molecule has 2 heterocycles. The van der Waals surface area contributed by atoms with Gasteiger partial charge in [-0.25, -0.2) is 15.0 Å². The van der Waals surface area contributed by atoms with E-state index in [0.717, 1.165) is 5.69 Å². The highest BCUT2D eigenvalue weighted by Gasteiger charge is 2.12. The largest absolute Gasteiger partial charge is 0.340 e. The van der Waals surface area contributed by atoms with E-state index < -0.39 is 5.91 Å². The lowest BCUT2D eigenvalue weighted by molar-refractivity contribution is 0.102. The highest BCUT2D eigenvalue weighted by molar-refractivity contribution is 6.33. The van der Waals surface area contributed by atoms with Crippen LogP contribution in [0.1, 0.15) is 10.5 Å². The van der Waals surface area contributed by atoms with E-state index in [4.69, 9.17) is 11.6 Å². The van der Waals surface area contributed by atoms with Crippen LogP contribution < -0.4 is 10.6 Å². The Morgan fingerprint density at radius 3 is 2.48 bits per heavy atom. The van der Waals surface area contributed by atoms with Crippen LogP contribution in [0.5, 0.6) is 0 Å². The van der Waals surface area contributed by atoms with Crippen molar-refractivity contribution >= 4 is 34.7 Å². The highest BCUT2D eigenvalue weighted by atomic mass is 35.5. The number of hydrogen-bond donors (Lipinski definition) is 2. The summed E-state index contributed by atoms with van der Waals surface area (Å²) >= 11 is 5.89. The van der Waals surface area contributed by atoms with Gasteiger partial charge < -0.3 is 10.6 Å². The molecule has 23 heavy (non-hydrogen) atoms. The zero-order chi connectivity index (χ0) is 16.1. The van der Waals surface area contributed by atoms with Crippen LogP contribution in [0.3, 0.4) is 0 Å². The monoisotopic (exact) mass is 325 g/mol. The number of nitrogens with zero attached hydrogens (tertiary/aromatic N) is 3. The number of anilines is 3. The van der Waals surface area contributed by atoms with Crippen molar-refractivity contribution in [3.05, 3.63) is 71.9 Å². The molecule has 7 heteroatoms. The van der Waals surface area contributed by atoms with Crippen LogP contribution in [-0.4, -0.2) is 20.9 Å². The molecule has 3 aromatic rings. The minimum atomic E-state index is -0.414. The topological polar surface area (TPSA) is 79.8 Å². The maximum absolute atomic E-state index is 12.1. The molecule has 0 atom stereocenters. The average Bonchev–Trinajstić information content (AvgIpc) is 2.58. The molecule has 0 bridgehead atoms. The minimum absolute atomic E-state index is 0.119. The Bertz CT molecular complexity index is 808. The van der Waals surface area contributed by atoms with E-state index >= 15 is 0 Å². The summed E-state index contributed by atoms with van der Waals surface area (Å²) in [5.41, 5.74) is 1.60. The molecule has 0 saturated carbocycles. The number of aromatic nitrogens is 3. The van der Waals surface area contributed by atoms with Crippen LogP contribution in [-0.2, 0) is 0 Å². The van der Waals surface area contributed by atoms with Gasteiger partial charge in [0.15, 0.2) is 0 Å². The van der Waals surface area contributed by atoms with Gasteiger partial charge in [0.25, 0.3) is 5.91 Å². The molecule has 0 fully saturated rings. The molecule has 0 saturated heterocycles. The number of carbonyl (C=O) groups excluding carboxylic acids is 1. The van der Waals surface area contributed by atoms with E-state index in [1.54, 1.807) is 18.3 Å². The van der Waals surface area contributed by atoms with Gasteiger partial charge in [-0.1, -0.05) is 29.8 Å². The van der Waals surface area contributed by atoms with Gasteiger partial charge in [-0.2, -0.15) is 0 Å². The number of benzene rings is 1. The molecular formula is C16H12ClN5O. The highest BCUT2D eigenvalue weighted by Crippen LogP contribution is 2.17. The van der Waals surface area contributed by atoms with E-state index in [0.29, 0.717) is 11.5 Å². The summed E-state index contributed by atoms with van der Waals surface area (Å²) in [5, 5.41) is 6.04. The van der Waals surface area contributed by atoms with Crippen molar-refractivity contribution < 1.29 is 4.79 Å². The summed E-state index contributed by atoms with van der Waals surface area (Å²) in [7, 11) is 0. The maximum atomic E-state index is 12.1. The number of hydrogen-bond acceptors (Lipinski definition) is 5. The third-order valence-corrected chi connectivity index (χ3v) is 3.23. The van der Waals surface area contributed by atoms with Crippen LogP contribution in [0.25, 0.3) is 0 Å². The van der Waals surface area contributed by atoms with Gasteiger partial charge in [-0.05, 0) is 24.3 Å². The van der Waals surface area contributed by atoms with Crippen LogP contribution in [0.4, 0.5) is 17.2 Å². The number of amides is 1. The molecule has 2 aromatic heterocycles. The fraction of sp³-hybridized carbons (Fsp3) is 0. The summed E-state index contributed by atoms with van der Waals surface area (Å²) in [5.74, 6) is 0.261. The van der Waals surface area contributed by atoms with Gasteiger partial charge in [0, 0.05) is 11.9 Å².